The first-order valence-corrected chi connectivity index (χ1v) is 7.27. The van der Waals surface area contributed by atoms with E-state index in [0.717, 1.165) is 25.9 Å². The molecule has 21 heavy (non-hydrogen) atoms. The molecule has 114 valence electrons. The fraction of sp³-hybridized carbons (Fsp3) is 0.429. The standard InChI is InChI=1S/C14H19ClN4O2/c15-11-8-9(16)7-10(14(17)21)13(11)18-4-3-12(20)19-5-1-2-6-19/h7-8,18H,1-6,16H2,(H2,17,21). The van der Waals surface area contributed by atoms with Crippen molar-refractivity contribution < 1.29 is 9.59 Å². The van der Waals surface area contributed by atoms with Crippen LogP contribution in [0.1, 0.15) is 29.6 Å². The van der Waals surface area contributed by atoms with E-state index in [2.05, 4.69) is 5.32 Å². The Bertz CT molecular complexity index is 556. The van der Waals surface area contributed by atoms with Crippen molar-refractivity contribution in [1.82, 2.24) is 4.90 Å². The predicted molar refractivity (Wildman–Crippen MR) is 83.3 cm³/mol. The van der Waals surface area contributed by atoms with Gasteiger partial charge >= 0.3 is 0 Å². The lowest BCUT2D eigenvalue weighted by molar-refractivity contribution is -0.129. The molecule has 6 nitrogen and oxygen atoms in total. The third-order valence-electron chi connectivity index (χ3n) is 3.48. The molecule has 0 aliphatic carbocycles. The summed E-state index contributed by atoms with van der Waals surface area (Å²) in [5.74, 6) is -0.509. The normalized spacial score (nSPS) is 14.2. The first-order valence-electron chi connectivity index (χ1n) is 6.89. The molecule has 1 fully saturated rings. The zero-order valence-corrected chi connectivity index (χ0v) is 12.4. The smallest absolute Gasteiger partial charge is 0.250 e. The number of carbonyl (C=O) groups is 2. The largest absolute Gasteiger partial charge is 0.399 e. The van der Waals surface area contributed by atoms with Gasteiger partial charge in [-0.1, -0.05) is 11.6 Å². The molecule has 1 aromatic carbocycles. The Hall–Kier alpha value is -1.95. The monoisotopic (exact) mass is 310 g/mol. The molecule has 7 heteroatoms. The van der Waals surface area contributed by atoms with Gasteiger partial charge < -0.3 is 21.7 Å². The van der Waals surface area contributed by atoms with Gasteiger partial charge in [-0.3, -0.25) is 9.59 Å². The van der Waals surface area contributed by atoms with E-state index in [4.69, 9.17) is 23.1 Å². The number of benzene rings is 1. The molecule has 0 saturated carbocycles. The van der Waals surface area contributed by atoms with Gasteiger partial charge in [-0.2, -0.15) is 0 Å². The van der Waals surface area contributed by atoms with Gasteiger partial charge in [-0.15, -0.1) is 0 Å². The first kappa shape index (κ1) is 15.4. The van der Waals surface area contributed by atoms with Gasteiger partial charge in [-0.05, 0) is 25.0 Å². The van der Waals surface area contributed by atoms with Crippen molar-refractivity contribution in [2.75, 3.05) is 30.7 Å². The second-order valence-electron chi connectivity index (χ2n) is 5.05. The molecule has 2 rings (SSSR count). The van der Waals surface area contributed by atoms with Crippen molar-refractivity contribution in [3.05, 3.63) is 22.7 Å². The van der Waals surface area contributed by atoms with Gasteiger partial charge in [0, 0.05) is 31.7 Å². The lowest BCUT2D eigenvalue weighted by atomic mass is 10.1. The van der Waals surface area contributed by atoms with E-state index in [-0.39, 0.29) is 11.5 Å². The maximum absolute atomic E-state index is 11.9. The highest BCUT2D eigenvalue weighted by atomic mass is 35.5. The van der Waals surface area contributed by atoms with E-state index >= 15 is 0 Å². The Morgan fingerprint density at radius 2 is 1.95 bits per heavy atom. The minimum Gasteiger partial charge on any atom is -0.399 e. The highest BCUT2D eigenvalue weighted by Crippen LogP contribution is 2.29. The zero-order valence-electron chi connectivity index (χ0n) is 11.7. The molecule has 0 aromatic heterocycles. The van der Waals surface area contributed by atoms with E-state index in [1.54, 1.807) is 6.07 Å². The zero-order chi connectivity index (χ0) is 15.4. The van der Waals surface area contributed by atoms with Crippen LogP contribution >= 0.6 is 11.6 Å². The second kappa shape index (κ2) is 6.67. The van der Waals surface area contributed by atoms with E-state index in [0.29, 0.717) is 29.4 Å². The number of nitrogens with zero attached hydrogens (tertiary/aromatic N) is 1. The van der Waals surface area contributed by atoms with Crippen molar-refractivity contribution in [2.45, 2.75) is 19.3 Å². The van der Waals surface area contributed by atoms with Crippen molar-refractivity contribution in [2.24, 2.45) is 5.73 Å². The number of amides is 2. The molecule has 0 spiro atoms. The summed E-state index contributed by atoms with van der Waals surface area (Å²) in [5, 5.41) is 3.33. The average molecular weight is 311 g/mol. The van der Waals surface area contributed by atoms with Crippen LogP contribution < -0.4 is 16.8 Å². The van der Waals surface area contributed by atoms with Crippen LogP contribution in [0.15, 0.2) is 12.1 Å². The molecular weight excluding hydrogens is 292 g/mol. The highest BCUT2D eigenvalue weighted by Gasteiger charge is 2.18. The number of hydrogen-bond donors (Lipinski definition) is 3. The summed E-state index contributed by atoms with van der Waals surface area (Å²) in [6.45, 7) is 2.04. The maximum Gasteiger partial charge on any atom is 0.250 e. The van der Waals surface area contributed by atoms with Crippen LogP contribution in [0.25, 0.3) is 0 Å². The molecule has 0 radical (unpaired) electrons. The first-order chi connectivity index (χ1) is 9.99. The lowest BCUT2D eigenvalue weighted by Gasteiger charge is -2.17. The molecule has 1 saturated heterocycles. The van der Waals surface area contributed by atoms with Crippen LogP contribution in [-0.2, 0) is 4.79 Å². The Kier molecular flexibility index (Phi) is 4.90. The SMILES string of the molecule is NC(=O)c1cc(N)cc(Cl)c1NCCC(=O)N1CCCC1. The Morgan fingerprint density at radius 1 is 1.29 bits per heavy atom. The van der Waals surface area contributed by atoms with Gasteiger partial charge in [0.25, 0.3) is 5.91 Å². The number of nitrogen functional groups attached to an aromatic ring is 1. The Labute approximate surface area is 128 Å². The molecule has 2 amide bonds. The minimum absolute atomic E-state index is 0.104. The van der Waals surface area contributed by atoms with Crippen molar-refractivity contribution in [3.8, 4) is 0 Å². The summed E-state index contributed by atoms with van der Waals surface area (Å²) >= 11 is 6.08. The fourth-order valence-corrected chi connectivity index (χ4v) is 2.72. The van der Waals surface area contributed by atoms with Crippen molar-refractivity contribution in [1.29, 1.82) is 0 Å². The van der Waals surface area contributed by atoms with E-state index in [1.165, 1.54) is 6.07 Å². The van der Waals surface area contributed by atoms with Crippen molar-refractivity contribution in [3.63, 3.8) is 0 Å². The average Bonchev–Trinajstić information content (AvgIpc) is 2.94. The fourth-order valence-electron chi connectivity index (χ4n) is 2.42. The number of nitrogens with one attached hydrogen (secondary N) is 1. The van der Waals surface area contributed by atoms with Crippen LogP contribution in [0.3, 0.4) is 0 Å². The highest BCUT2D eigenvalue weighted by molar-refractivity contribution is 6.34. The summed E-state index contributed by atoms with van der Waals surface area (Å²) in [6.07, 6.45) is 2.47. The predicted octanol–water partition coefficient (Wildman–Crippen LogP) is 1.45. The van der Waals surface area contributed by atoms with Crippen LogP contribution in [-0.4, -0.2) is 36.3 Å². The quantitative estimate of drug-likeness (QED) is 0.716. The molecule has 0 bridgehead atoms. The van der Waals surface area contributed by atoms with Gasteiger partial charge in [0.2, 0.25) is 5.91 Å². The number of hydrogen-bond acceptors (Lipinski definition) is 4. The molecular formula is C14H19ClN4O2. The number of nitrogens with two attached hydrogens (primary N) is 2. The van der Waals surface area contributed by atoms with Crippen LogP contribution in [0, 0.1) is 0 Å². The number of anilines is 2. The topological polar surface area (TPSA) is 101 Å². The molecule has 1 aromatic rings. The summed E-state index contributed by atoms with van der Waals surface area (Å²) in [4.78, 5) is 25.2. The van der Waals surface area contributed by atoms with Crippen molar-refractivity contribution >= 4 is 34.8 Å². The third kappa shape index (κ3) is 3.78. The number of rotatable bonds is 5. The van der Waals surface area contributed by atoms with Gasteiger partial charge in [0.1, 0.15) is 0 Å². The number of likely N-dealkylation sites (tertiary alicyclic amines) is 1. The minimum atomic E-state index is -0.613. The summed E-state index contributed by atoms with van der Waals surface area (Å²) in [6, 6.07) is 3.01. The van der Waals surface area contributed by atoms with Gasteiger partial charge in [0.05, 0.1) is 16.3 Å². The van der Waals surface area contributed by atoms with Crippen LogP contribution in [0.5, 0.6) is 0 Å². The number of halogens is 1. The molecule has 5 N–H and O–H groups in total. The third-order valence-corrected chi connectivity index (χ3v) is 3.78. The molecule has 1 aliphatic heterocycles. The van der Waals surface area contributed by atoms with Gasteiger partial charge in [-0.25, -0.2) is 0 Å². The second-order valence-corrected chi connectivity index (χ2v) is 5.46. The van der Waals surface area contributed by atoms with Crippen LogP contribution in [0.2, 0.25) is 5.02 Å². The summed E-state index contributed by atoms with van der Waals surface area (Å²) < 4.78 is 0. The Morgan fingerprint density at radius 3 is 2.57 bits per heavy atom. The molecule has 0 atom stereocenters. The summed E-state index contributed by atoms with van der Waals surface area (Å²) in [7, 11) is 0. The number of primary amides is 1. The van der Waals surface area contributed by atoms with Gasteiger partial charge in [0.15, 0.2) is 0 Å². The maximum atomic E-state index is 11.9. The molecule has 1 heterocycles. The summed E-state index contributed by atoms with van der Waals surface area (Å²) in [5.41, 5.74) is 12.0. The van der Waals surface area contributed by atoms with Crippen LogP contribution in [0.4, 0.5) is 11.4 Å². The van der Waals surface area contributed by atoms with E-state index < -0.39 is 5.91 Å². The molecule has 1 aliphatic rings. The van der Waals surface area contributed by atoms with E-state index in [9.17, 15) is 9.59 Å². The van der Waals surface area contributed by atoms with E-state index in [1.807, 2.05) is 4.90 Å². The molecule has 0 unspecified atom stereocenters. The lowest BCUT2D eigenvalue weighted by Crippen LogP contribution is -2.29. The Balaban J connectivity index is 1.99. The number of carbonyl (C=O) groups excluding carboxylic acids is 2.